The first kappa shape index (κ1) is 15.8. The van der Waals surface area contributed by atoms with Gasteiger partial charge in [0.05, 0.1) is 6.10 Å². The van der Waals surface area contributed by atoms with Crippen LogP contribution in [0.15, 0.2) is 0 Å². The van der Waals surface area contributed by atoms with Gasteiger partial charge < -0.3 is 15.4 Å². The van der Waals surface area contributed by atoms with Crippen molar-refractivity contribution < 1.29 is 9.53 Å². The molecule has 0 spiro atoms. The van der Waals surface area contributed by atoms with Crippen molar-refractivity contribution in [2.45, 2.75) is 77.5 Å². The Kier molecular flexibility index (Phi) is 5.44. The van der Waals surface area contributed by atoms with Crippen molar-refractivity contribution in [3.05, 3.63) is 0 Å². The number of carbonyl (C=O) groups is 1. The van der Waals surface area contributed by atoms with Gasteiger partial charge in [-0.15, -0.1) is 0 Å². The molecular formula is C16H30N2O2. The predicted molar refractivity (Wildman–Crippen MR) is 80.6 cm³/mol. The zero-order valence-corrected chi connectivity index (χ0v) is 13.2. The Labute approximate surface area is 123 Å². The van der Waals surface area contributed by atoms with Gasteiger partial charge in [-0.2, -0.15) is 0 Å². The van der Waals surface area contributed by atoms with Gasteiger partial charge in [0.2, 0.25) is 5.91 Å². The van der Waals surface area contributed by atoms with Crippen LogP contribution in [0.3, 0.4) is 0 Å². The van der Waals surface area contributed by atoms with Crippen LogP contribution in [0.25, 0.3) is 0 Å². The molecule has 1 heterocycles. The maximum Gasteiger partial charge on any atom is 0.220 e. The third-order valence-corrected chi connectivity index (χ3v) is 5.01. The van der Waals surface area contributed by atoms with Gasteiger partial charge in [0.25, 0.3) is 0 Å². The van der Waals surface area contributed by atoms with Gasteiger partial charge >= 0.3 is 0 Å². The molecule has 0 aromatic carbocycles. The molecule has 1 aliphatic carbocycles. The van der Waals surface area contributed by atoms with Crippen LogP contribution in [0.2, 0.25) is 0 Å². The van der Waals surface area contributed by atoms with E-state index in [-0.39, 0.29) is 23.5 Å². The first-order chi connectivity index (χ1) is 9.54. The normalized spacial score (nSPS) is 32.5. The van der Waals surface area contributed by atoms with Crippen LogP contribution >= 0.6 is 0 Å². The molecule has 2 rings (SSSR count). The second-order valence-electron chi connectivity index (χ2n) is 6.81. The first-order valence-electron chi connectivity index (χ1n) is 8.18. The largest absolute Gasteiger partial charge is 0.378 e. The van der Waals surface area contributed by atoms with Crippen LogP contribution in [0.1, 0.15) is 59.3 Å². The number of carbonyl (C=O) groups excluding carboxylic acids is 1. The Morgan fingerprint density at radius 1 is 1.40 bits per heavy atom. The van der Waals surface area contributed by atoms with Crippen molar-refractivity contribution in [2.75, 3.05) is 13.2 Å². The van der Waals surface area contributed by atoms with Gasteiger partial charge in [0, 0.05) is 30.5 Å². The summed E-state index contributed by atoms with van der Waals surface area (Å²) in [5.74, 6) is 0.199. The smallest absolute Gasteiger partial charge is 0.220 e. The number of nitrogens with one attached hydrogen (secondary N) is 2. The Bertz CT molecular complexity index is 324. The fourth-order valence-electron chi connectivity index (χ4n) is 3.36. The number of rotatable bonds is 6. The molecular weight excluding hydrogens is 252 g/mol. The molecule has 0 aromatic rings. The summed E-state index contributed by atoms with van der Waals surface area (Å²) < 4.78 is 5.70. The fourth-order valence-corrected chi connectivity index (χ4v) is 3.36. The summed E-state index contributed by atoms with van der Waals surface area (Å²) in [6.07, 6.45) is 6.64. The van der Waals surface area contributed by atoms with E-state index in [0.717, 1.165) is 26.0 Å². The van der Waals surface area contributed by atoms with Crippen LogP contribution in [0, 0.1) is 5.41 Å². The van der Waals surface area contributed by atoms with Crippen molar-refractivity contribution in [1.29, 1.82) is 0 Å². The van der Waals surface area contributed by atoms with Crippen molar-refractivity contribution in [1.82, 2.24) is 10.6 Å². The van der Waals surface area contributed by atoms with E-state index in [9.17, 15) is 4.79 Å². The van der Waals surface area contributed by atoms with E-state index in [0.29, 0.717) is 12.5 Å². The van der Waals surface area contributed by atoms with Gasteiger partial charge in [-0.05, 0) is 39.2 Å². The molecule has 4 heteroatoms. The molecule has 116 valence electrons. The Morgan fingerprint density at radius 3 is 2.80 bits per heavy atom. The van der Waals surface area contributed by atoms with E-state index in [1.807, 2.05) is 6.92 Å². The standard InChI is InChI=1S/C16H30N2O2/c1-4-20-14-11-13(16(14,2)3)18-15(19)9-8-12-7-5-6-10-17-12/h12-14,17H,4-11H2,1-3H3,(H,18,19). The van der Waals surface area contributed by atoms with Gasteiger partial charge in [-0.3, -0.25) is 4.79 Å². The minimum atomic E-state index is 0.0642. The zero-order chi connectivity index (χ0) is 14.6. The van der Waals surface area contributed by atoms with E-state index in [2.05, 4.69) is 24.5 Å². The SMILES string of the molecule is CCOC1CC(NC(=O)CCC2CCCCN2)C1(C)C. The lowest BCUT2D eigenvalue weighted by Gasteiger charge is -2.51. The average molecular weight is 282 g/mol. The van der Waals surface area contributed by atoms with E-state index < -0.39 is 0 Å². The van der Waals surface area contributed by atoms with E-state index >= 15 is 0 Å². The molecule has 4 nitrogen and oxygen atoms in total. The molecule has 1 saturated carbocycles. The van der Waals surface area contributed by atoms with Crippen LogP contribution < -0.4 is 10.6 Å². The van der Waals surface area contributed by atoms with Crippen molar-refractivity contribution >= 4 is 5.91 Å². The molecule has 1 saturated heterocycles. The van der Waals surface area contributed by atoms with Crippen LogP contribution in [0.4, 0.5) is 0 Å². The topological polar surface area (TPSA) is 50.4 Å². The molecule has 20 heavy (non-hydrogen) atoms. The van der Waals surface area contributed by atoms with Crippen molar-refractivity contribution in [3.8, 4) is 0 Å². The maximum absolute atomic E-state index is 12.1. The van der Waals surface area contributed by atoms with Gasteiger partial charge in [0.15, 0.2) is 0 Å². The second-order valence-corrected chi connectivity index (χ2v) is 6.81. The summed E-state index contributed by atoms with van der Waals surface area (Å²) in [7, 11) is 0. The van der Waals surface area contributed by atoms with Crippen molar-refractivity contribution in [3.63, 3.8) is 0 Å². The minimum absolute atomic E-state index is 0.0642. The predicted octanol–water partition coefficient (Wildman–Crippen LogP) is 2.23. The molecule has 3 unspecified atom stereocenters. The summed E-state index contributed by atoms with van der Waals surface area (Å²) in [6.45, 7) is 8.26. The summed E-state index contributed by atoms with van der Waals surface area (Å²) in [4.78, 5) is 12.1. The molecule has 2 fully saturated rings. The van der Waals surface area contributed by atoms with Crippen LogP contribution in [-0.4, -0.2) is 37.2 Å². The molecule has 1 aliphatic heterocycles. The van der Waals surface area contributed by atoms with E-state index in [1.165, 1.54) is 19.3 Å². The molecule has 0 bridgehead atoms. The first-order valence-corrected chi connectivity index (χ1v) is 8.18. The Morgan fingerprint density at radius 2 is 2.20 bits per heavy atom. The number of piperidine rings is 1. The summed E-state index contributed by atoms with van der Waals surface area (Å²) in [5.41, 5.74) is 0.0642. The fraction of sp³-hybridized carbons (Fsp3) is 0.938. The van der Waals surface area contributed by atoms with Gasteiger partial charge in [-0.25, -0.2) is 0 Å². The molecule has 0 radical (unpaired) electrons. The number of hydrogen-bond donors (Lipinski definition) is 2. The van der Waals surface area contributed by atoms with E-state index in [1.54, 1.807) is 0 Å². The monoisotopic (exact) mass is 282 g/mol. The number of amides is 1. The third-order valence-electron chi connectivity index (χ3n) is 5.01. The molecule has 0 aromatic heterocycles. The maximum atomic E-state index is 12.1. The highest BCUT2D eigenvalue weighted by atomic mass is 16.5. The highest BCUT2D eigenvalue weighted by Crippen LogP contribution is 2.42. The minimum Gasteiger partial charge on any atom is -0.378 e. The zero-order valence-electron chi connectivity index (χ0n) is 13.2. The molecule has 1 amide bonds. The van der Waals surface area contributed by atoms with Crippen LogP contribution in [0.5, 0.6) is 0 Å². The summed E-state index contributed by atoms with van der Waals surface area (Å²) in [6, 6.07) is 0.811. The highest BCUT2D eigenvalue weighted by Gasteiger charge is 2.49. The van der Waals surface area contributed by atoms with Crippen molar-refractivity contribution in [2.24, 2.45) is 5.41 Å². The summed E-state index contributed by atoms with van der Waals surface area (Å²) >= 11 is 0. The lowest BCUT2D eigenvalue weighted by molar-refractivity contribution is -0.136. The average Bonchev–Trinajstić information content (AvgIpc) is 2.45. The lowest BCUT2D eigenvalue weighted by atomic mass is 9.64. The molecule has 2 aliphatic rings. The Balaban J connectivity index is 1.67. The highest BCUT2D eigenvalue weighted by molar-refractivity contribution is 5.76. The van der Waals surface area contributed by atoms with Gasteiger partial charge in [0.1, 0.15) is 0 Å². The molecule has 2 N–H and O–H groups in total. The molecule has 3 atom stereocenters. The van der Waals surface area contributed by atoms with Crippen LogP contribution in [-0.2, 0) is 9.53 Å². The number of ether oxygens (including phenoxy) is 1. The number of hydrogen-bond acceptors (Lipinski definition) is 3. The quantitative estimate of drug-likeness (QED) is 0.785. The Hall–Kier alpha value is -0.610. The van der Waals surface area contributed by atoms with E-state index in [4.69, 9.17) is 4.74 Å². The second kappa shape index (κ2) is 6.90. The van der Waals surface area contributed by atoms with Gasteiger partial charge in [-0.1, -0.05) is 20.3 Å². The lowest BCUT2D eigenvalue weighted by Crippen LogP contribution is -2.62. The third kappa shape index (κ3) is 3.73. The summed E-state index contributed by atoms with van der Waals surface area (Å²) in [5, 5.41) is 6.68.